The molecule has 0 aromatic heterocycles. The first-order valence-corrected chi connectivity index (χ1v) is 7.41. The fourth-order valence-corrected chi connectivity index (χ4v) is 2.09. The van der Waals surface area contributed by atoms with E-state index in [1.165, 1.54) is 12.1 Å². The molecule has 2 aromatic carbocycles. The van der Waals surface area contributed by atoms with Crippen molar-refractivity contribution in [1.29, 1.82) is 0 Å². The van der Waals surface area contributed by atoms with Crippen LogP contribution in [0, 0.1) is 0 Å². The Morgan fingerprint density at radius 1 is 0.750 bits per heavy atom. The highest BCUT2D eigenvalue weighted by Gasteiger charge is 2.29. The summed E-state index contributed by atoms with van der Waals surface area (Å²) in [5.74, 6) is 0. The van der Waals surface area contributed by atoms with E-state index in [4.69, 9.17) is 0 Å². The van der Waals surface area contributed by atoms with Gasteiger partial charge in [0.2, 0.25) is 0 Å². The van der Waals surface area contributed by atoms with E-state index in [1.54, 1.807) is 12.1 Å². The fourth-order valence-electron chi connectivity index (χ4n) is 2.09. The van der Waals surface area contributed by atoms with Crippen LogP contribution in [-0.4, -0.2) is 6.03 Å². The average molecular weight is 336 g/mol. The minimum atomic E-state index is -4.39. The quantitative estimate of drug-likeness (QED) is 0.731. The lowest BCUT2D eigenvalue weighted by Crippen LogP contribution is -2.19. The zero-order valence-electron chi connectivity index (χ0n) is 13.7. The summed E-state index contributed by atoms with van der Waals surface area (Å²) >= 11 is 0. The van der Waals surface area contributed by atoms with Gasteiger partial charge in [0.05, 0.1) is 5.56 Å². The van der Waals surface area contributed by atoms with Crippen LogP contribution < -0.4 is 10.6 Å². The van der Waals surface area contributed by atoms with E-state index >= 15 is 0 Å². The van der Waals surface area contributed by atoms with Crippen LogP contribution in [0.5, 0.6) is 0 Å². The molecule has 2 amide bonds. The van der Waals surface area contributed by atoms with Crippen molar-refractivity contribution in [2.75, 3.05) is 10.6 Å². The summed E-state index contributed by atoms with van der Waals surface area (Å²) in [5, 5.41) is 5.14. The number of hydrogen-bond acceptors (Lipinski definition) is 1. The number of halogens is 3. The second-order valence-corrected chi connectivity index (χ2v) is 6.48. The molecule has 0 heterocycles. The molecule has 128 valence electrons. The minimum Gasteiger partial charge on any atom is -0.308 e. The predicted octanol–water partition coefficient (Wildman–Crippen LogP) is 5.65. The maximum Gasteiger partial charge on any atom is 0.416 e. The van der Waals surface area contributed by atoms with Gasteiger partial charge in [-0.3, -0.25) is 0 Å². The highest BCUT2D eigenvalue weighted by molar-refractivity contribution is 5.99. The van der Waals surface area contributed by atoms with Gasteiger partial charge in [0.25, 0.3) is 0 Å². The fraction of sp³-hybridized carbons (Fsp3) is 0.278. The Balaban J connectivity index is 1.98. The lowest BCUT2D eigenvalue weighted by atomic mass is 9.87. The van der Waals surface area contributed by atoms with Crippen LogP contribution in [0.1, 0.15) is 31.9 Å². The SMILES string of the molecule is CC(C)(C)c1ccc(NC(=O)Nc2ccc(C(F)(F)F)cc2)cc1. The number of nitrogens with one attached hydrogen (secondary N) is 2. The maximum atomic E-state index is 12.5. The van der Waals surface area contributed by atoms with Gasteiger partial charge in [-0.05, 0) is 47.4 Å². The van der Waals surface area contributed by atoms with Crippen LogP contribution in [-0.2, 0) is 11.6 Å². The Morgan fingerprint density at radius 3 is 1.46 bits per heavy atom. The number of benzene rings is 2. The molecule has 2 rings (SSSR count). The van der Waals surface area contributed by atoms with Crippen LogP contribution >= 0.6 is 0 Å². The third-order valence-electron chi connectivity index (χ3n) is 3.48. The number of amides is 2. The van der Waals surface area contributed by atoms with Crippen molar-refractivity contribution in [3.63, 3.8) is 0 Å². The maximum absolute atomic E-state index is 12.5. The molecule has 24 heavy (non-hydrogen) atoms. The molecule has 2 aromatic rings. The van der Waals surface area contributed by atoms with E-state index in [9.17, 15) is 18.0 Å². The molecule has 0 unspecified atom stereocenters. The first-order chi connectivity index (χ1) is 11.1. The first-order valence-electron chi connectivity index (χ1n) is 7.41. The molecule has 0 aliphatic carbocycles. The predicted molar refractivity (Wildman–Crippen MR) is 89.2 cm³/mol. The molecule has 0 radical (unpaired) electrons. The van der Waals surface area contributed by atoms with Crippen molar-refractivity contribution in [2.45, 2.75) is 32.4 Å². The summed E-state index contributed by atoms with van der Waals surface area (Å²) < 4.78 is 37.5. The van der Waals surface area contributed by atoms with Gasteiger partial charge >= 0.3 is 12.2 Å². The van der Waals surface area contributed by atoms with E-state index in [0.29, 0.717) is 5.69 Å². The first kappa shape index (κ1) is 17.8. The Bertz CT molecular complexity index is 638. The van der Waals surface area contributed by atoms with Gasteiger partial charge in [-0.15, -0.1) is 0 Å². The average Bonchev–Trinajstić information content (AvgIpc) is 2.46. The molecule has 3 nitrogen and oxygen atoms in total. The topological polar surface area (TPSA) is 41.1 Å². The van der Waals surface area contributed by atoms with Gasteiger partial charge in [-0.1, -0.05) is 32.9 Å². The highest BCUT2D eigenvalue weighted by atomic mass is 19.4. The van der Waals surface area contributed by atoms with Crippen molar-refractivity contribution in [3.05, 3.63) is 59.7 Å². The number of carbonyl (C=O) groups is 1. The van der Waals surface area contributed by atoms with E-state index in [0.717, 1.165) is 17.7 Å². The second-order valence-electron chi connectivity index (χ2n) is 6.48. The Morgan fingerprint density at radius 2 is 1.12 bits per heavy atom. The molecule has 0 fully saturated rings. The molecule has 0 saturated heterocycles. The second kappa shape index (κ2) is 6.55. The molecule has 0 aliphatic rings. The van der Waals surface area contributed by atoms with Gasteiger partial charge in [0.15, 0.2) is 0 Å². The summed E-state index contributed by atoms with van der Waals surface area (Å²) in [6.45, 7) is 6.27. The summed E-state index contributed by atoms with van der Waals surface area (Å²) in [4.78, 5) is 11.9. The van der Waals surface area contributed by atoms with E-state index < -0.39 is 17.8 Å². The van der Waals surface area contributed by atoms with Crippen molar-refractivity contribution in [2.24, 2.45) is 0 Å². The van der Waals surface area contributed by atoms with E-state index in [2.05, 4.69) is 31.4 Å². The number of urea groups is 1. The number of carbonyl (C=O) groups excluding carboxylic acids is 1. The molecule has 0 spiro atoms. The van der Waals surface area contributed by atoms with E-state index in [1.807, 2.05) is 12.1 Å². The number of alkyl halides is 3. The molecule has 2 N–H and O–H groups in total. The van der Waals surface area contributed by atoms with E-state index in [-0.39, 0.29) is 11.1 Å². The molecule has 0 atom stereocenters. The summed E-state index contributed by atoms with van der Waals surface area (Å²) in [6, 6.07) is 11.2. The summed E-state index contributed by atoms with van der Waals surface area (Å²) in [5.41, 5.74) is 1.28. The van der Waals surface area contributed by atoms with Crippen molar-refractivity contribution >= 4 is 17.4 Å². The van der Waals surface area contributed by atoms with Crippen LogP contribution in [0.15, 0.2) is 48.5 Å². The summed E-state index contributed by atoms with van der Waals surface area (Å²) in [7, 11) is 0. The third-order valence-corrected chi connectivity index (χ3v) is 3.48. The standard InChI is InChI=1S/C18H19F3N2O/c1-17(2,3)12-4-8-14(9-5-12)22-16(24)23-15-10-6-13(7-11-15)18(19,20)21/h4-11H,1-3H3,(H2,22,23,24). The molecular weight excluding hydrogens is 317 g/mol. The largest absolute Gasteiger partial charge is 0.416 e. The van der Waals surface area contributed by atoms with Gasteiger partial charge in [0, 0.05) is 11.4 Å². The zero-order valence-corrected chi connectivity index (χ0v) is 13.7. The van der Waals surface area contributed by atoms with Crippen molar-refractivity contribution in [3.8, 4) is 0 Å². The Labute approximate surface area is 138 Å². The number of anilines is 2. The zero-order chi connectivity index (χ0) is 18.0. The number of rotatable bonds is 2. The van der Waals surface area contributed by atoms with Crippen molar-refractivity contribution in [1.82, 2.24) is 0 Å². The van der Waals surface area contributed by atoms with Crippen LogP contribution in [0.2, 0.25) is 0 Å². The lowest BCUT2D eigenvalue weighted by molar-refractivity contribution is -0.137. The molecule has 0 bridgehead atoms. The lowest BCUT2D eigenvalue weighted by Gasteiger charge is -2.19. The van der Waals surface area contributed by atoms with Gasteiger partial charge in [0.1, 0.15) is 0 Å². The normalized spacial score (nSPS) is 11.9. The molecule has 0 saturated carbocycles. The molecular formula is C18H19F3N2O. The van der Waals surface area contributed by atoms with Crippen LogP contribution in [0.4, 0.5) is 29.3 Å². The van der Waals surface area contributed by atoms with Crippen LogP contribution in [0.3, 0.4) is 0 Å². The Hall–Kier alpha value is -2.50. The minimum absolute atomic E-state index is 0.0149. The third kappa shape index (κ3) is 4.75. The van der Waals surface area contributed by atoms with Gasteiger partial charge in [-0.25, -0.2) is 4.79 Å². The molecule has 6 heteroatoms. The van der Waals surface area contributed by atoms with Crippen LogP contribution in [0.25, 0.3) is 0 Å². The van der Waals surface area contributed by atoms with Crippen molar-refractivity contribution < 1.29 is 18.0 Å². The summed E-state index contributed by atoms with van der Waals surface area (Å²) in [6.07, 6.45) is -4.39. The monoisotopic (exact) mass is 336 g/mol. The van der Waals surface area contributed by atoms with Gasteiger partial charge in [-0.2, -0.15) is 13.2 Å². The highest BCUT2D eigenvalue weighted by Crippen LogP contribution is 2.30. The number of hydrogen-bond donors (Lipinski definition) is 2. The van der Waals surface area contributed by atoms with Gasteiger partial charge < -0.3 is 10.6 Å². The molecule has 0 aliphatic heterocycles. The Kier molecular flexibility index (Phi) is 4.87. The smallest absolute Gasteiger partial charge is 0.308 e.